The number of hydrogen-bond donors (Lipinski definition) is 1. The summed E-state index contributed by atoms with van der Waals surface area (Å²) >= 11 is 0.851. The third-order valence-corrected chi connectivity index (χ3v) is 4.85. The molecular formula is C20H18N2O3S. The fourth-order valence-corrected chi connectivity index (χ4v) is 3.46. The van der Waals surface area contributed by atoms with Gasteiger partial charge in [0.1, 0.15) is 6.54 Å². The first-order valence-electron chi connectivity index (χ1n) is 8.26. The van der Waals surface area contributed by atoms with Crippen LogP contribution in [0.2, 0.25) is 0 Å². The smallest absolute Gasteiger partial charge is 0.294 e. The van der Waals surface area contributed by atoms with Crippen LogP contribution >= 0.6 is 11.8 Å². The van der Waals surface area contributed by atoms with Gasteiger partial charge in [-0.2, -0.15) is 0 Å². The Labute approximate surface area is 156 Å². The predicted octanol–water partition coefficient (Wildman–Crippen LogP) is 3.92. The normalized spacial score (nSPS) is 15.6. The molecule has 0 aliphatic carbocycles. The van der Waals surface area contributed by atoms with Gasteiger partial charge >= 0.3 is 0 Å². The van der Waals surface area contributed by atoms with Gasteiger partial charge < -0.3 is 5.32 Å². The average molecular weight is 366 g/mol. The first-order valence-corrected chi connectivity index (χ1v) is 9.08. The molecule has 6 heteroatoms. The Morgan fingerprint density at radius 2 is 1.77 bits per heavy atom. The molecule has 2 aromatic carbocycles. The summed E-state index contributed by atoms with van der Waals surface area (Å²) in [4.78, 5) is 38.2. The topological polar surface area (TPSA) is 66.5 Å². The summed E-state index contributed by atoms with van der Waals surface area (Å²) < 4.78 is 0. The summed E-state index contributed by atoms with van der Waals surface area (Å²) in [6.07, 6.45) is 2.44. The van der Waals surface area contributed by atoms with Crippen molar-refractivity contribution in [2.45, 2.75) is 13.3 Å². The molecule has 1 heterocycles. The van der Waals surface area contributed by atoms with Gasteiger partial charge in [-0.05, 0) is 41.5 Å². The highest BCUT2D eigenvalue weighted by Crippen LogP contribution is 2.32. The lowest BCUT2D eigenvalue weighted by atomic mass is 10.1. The molecule has 0 unspecified atom stereocenters. The lowest BCUT2D eigenvalue weighted by molar-refractivity contribution is -0.127. The summed E-state index contributed by atoms with van der Waals surface area (Å²) in [6.45, 7) is 1.70. The number of aryl methyl sites for hydroxylation is 1. The van der Waals surface area contributed by atoms with Crippen molar-refractivity contribution in [3.05, 3.63) is 70.6 Å². The van der Waals surface area contributed by atoms with Gasteiger partial charge in [0.25, 0.3) is 11.1 Å². The van der Waals surface area contributed by atoms with Crippen LogP contribution in [0.15, 0.2) is 59.5 Å². The van der Waals surface area contributed by atoms with E-state index in [1.165, 1.54) is 0 Å². The van der Waals surface area contributed by atoms with Crippen molar-refractivity contribution >= 4 is 40.6 Å². The quantitative estimate of drug-likeness (QED) is 0.815. The van der Waals surface area contributed by atoms with Gasteiger partial charge in [0.15, 0.2) is 0 Å². The van der Waals surface area contributed by atoms with Crippen molar-refractivity contribution in [3.8, 4) is 0 Å². The van der Waals surface area contributed by atoms with E-state index in [2.05, 4.69) is 5.32 Å². The number of nitrogens with zero attached hydrogens (tertiary/aromatic N) is 1. The van der Waals surface area contributed by atoms with Crippen LogP contribution < -0.4 is 5.32 Å². The fourth-order valence-electron chi connectivity index (χ4n) is 2.62. The molecule has 3 rings (SSSR count). The van der Waals surface area contributed by atoms with Crippen molar-refractivity contribution in [3.63, 3.8) is 0 Å². The van der Waals surface area contributed by atoms with E-state index in [0.29, 0.717) is 10.6 Å². The molecule has 0 saturated carbocycles. The number of imide groups is 1. The number of amides is 3. The minimum atomic E-state index is -0.442. The molecule has 1 aliphatic rings. The van der Waals surface area contributed by atoms with Crippen LogP contribution in [-0.4, -0.2) is 28.5 Å². The molecule has 26 heavy (non-hydrogen) atoms. The zero-order valence-electron chi connectivity index (χ0n) is 14.3. The molecule has 1 saturated heterocycles. The lowest BCUT2D eigenvalue weighted by Crippen LogP contribution is -2.36. The molecule has 1 N–H and O–H groups in total. The molecule has 0 radical (unpaired) electrons. The molecule has 0 bridgehead atoms. The predicted molar refractivity (Wildman–Crippen MR) is 104 cm³/mol. The van der Waals surface area contributed by atoms with E-state index in [9.17, 15) is 14.4 Å². The maximum atomic E-state index is 12.5. The summed E-state index contributed by atoms with van der Waals surface area (Å²) in [5, 5.41) is 2.35. The Morgan fingerprint density at radius 1 is 1.08 bits per heavy atom. The van der Waals surface area contributed by atoms with Crippen LogP contribution in [0.4, 0.5) is 10.5 Å². The average Bonchev–Trinajstić information content (AvgIpc) is 2.90. The minimum absolute atomic E-state index is 0.297. The number of thioether (sulfide) groups is 1. The molecule has 132 valence electrons. The molecule has 1 fully saturated rings. The third kappa shape index (κ3) is 4.03. The fraction of sp³-hybridized carbons (Fsp3) is 0.150. The van der Waals surface area contributed by atoms with E-state index >= 15 is 0 Å². The van der Waals surface area contributed by atoms with E-state index < -0.39 is 17.1 Å². The summed E-state index contributed by atoms with van der Waals surface area (Å²) in [7, 11) is 0. The molecular weight excluding hydrogens is 348 g/mol. The van der Waals surface area contributed by atoms with Gasteiger partial charge in [-0.3, -0.25) is 19.3 Å². The third-order valence-electron chi connectivity index (χ3n) is 3.94. The molecule has 0 spiro atoms. The van der Waals surface area contributed by atoms with Gasteiger partial charge in [0, 0.05) is 5.69 Å². The SMILES string of the molecule is CCc1ccccc1NC(=O)CN1C(=O)S/C(=C/c2ccccc2)C1=O. The monoisotopic (exact) mass is 366 g/mol. The number of carbonyl (C=O) groups excluding carboxylic acids is 3. The second-order valence-corrected chi connectivity index (χ2v) is 6.73. The number of rotatable bonds is 5. The Bertz CT molecular complexity index is 878. The van der Waals surface area contributed by atoms with Crippen LogP contribution in [0.25, 0.3) is 6.08 Å². The first-order chi connectivity index (χ1) is 12.6. The highest BCUT2D eigenvalue weighted by molar-refractivity contribution is 8.18. The highest BCUT2D eigenvalue weighted by Gasteiger charge is 2.36. The van der Waals surface area contributed by atoms with Crippen molar-refractivity contribution in [2.24, 2.45) is 0 Å². The summed E-state index contributed by atoms with van der Waals surface area (Å²) in [6, 6.07) is 16.8. The Kier molecular flexibility index (Phi) is 5.53. The molecule has 5 nitrogen and oxygen atoms in total. The second kappa shape index (κ2) is 8.01. The van der Waals surface area contributed by atoms with Crippen LogP contribution in [0.5, 0.6) is 0 Å². The van der Waals surface area contributed by atoms with E-state index in [-0.39, 0.29) is 6.54 Å². The van der Waals surface area contributed by atoms with E-state index in [1.54, 1.807) is 12.1 Å². The lowest BCUT2D eigenvalue weighted by Gasteiger charge is -2.14. The van der Waals surface area contributed by atoms with Crippen molar-refractivity contribution in [1.29, 1.82) is 0 Å². The number of benzene rings is 2. The van der Waals surface area contributed by atoms with Crippen LogP contribution in [0.1, 0.15) is 18.1 Å². The minimum Gasteiger partial charge on any atom is -0.324 e. The number of anilines is 1. The van der Waals surface area contributed by atoms with Gasteiger partial charge in [-0.25, -0.2) is 0 Å². The van der Waals surface area contributed by atoms with E-state index in [1.807, 2.05) is 55.5 Å². The van der Waals surface area contributed by atoms with Crippen LogP contribution in [-0.2, 0) is 16.0 Å². The Morgan fingerprint density at radius 3 is 2.50 bits per heavy atom. The van der Waals surface area contributed by atoms with E-state index in [4.69, 9.17) is 0 Å². The van der Waals surface area contributed by atoms with Crippen LogP contribution in [0.3, 0.4) is 0 Å². The van der Waals surface area contributed by atoms with Gasteiger partial charge in [0.05, 0.1) is 4.91 Å². The Hall–Kier alpha value is -2.86. The molecule has 2 aromatic rings. The zero-order valence-corrected chi connectivity index (χ0v) is 15.1. The molecule has 0 aromatic heterocycles. The first kappa shape index (κ1) is 17.9. The number of carbonyl (C=O) groups is 3. The number of hydrogen-bond acceptors (Lipinski definition) is 4. The summed E-state index contributed by atoms with van der Waals surface area (Å²) in [5.74, 6) is -0.836. The van der Waals surface area contributed by atoms with E-state index in [0.717, 1.165) is 34.2 Å². The standard InChI is InChI=1S/C20H18N2O3S/c1-2-15-10-6-7-11-16(15)21-18(23)13-22-19(24)17(26-20(22)25)12-14-8-4-3-5-9-14/h3-12H,2,13H2,1H3,(H,21,23)/b17-12+. The largest absolute Gasteiger partial charge is 0.324 e. The number of para-hydroxylation sites is 1. The molecule has 1 aliphatic heterocycles. The molecule has 0 atom stereocenters. The van der Waals surface area contributed by atoms with Gasteiger partial charge in [-0.1, -0.05) is 55.5 Å². The van der Waals surface area contributed by atoms with Crippen molar-refractivity contribution < 1.29 is 14.4 Å². The number of nitrogens with one attached hydrogen (secondary N) is 1. The van der Waals surface area contributed by atoms with Crippen molar-refractivity contribution in [2.75, 3.05) is 11.9 Å². The maximum Gasteiger partial charge on any atom is 0.294 e. The summed E-state index contributed by atoms with van der Waals surface area (Å²) in [5.41, 5.74) is 2.53. The molecule has 3 amide bonds. The van der Waals surface area contributed by atoms with Crippen molar-refractivity contribution in [1.82, 2.24) is 4.90 Å². The van der Waals surface area contributed by atoms with Crippen LogP contribution in [0, 0.1) is 0 Å². The second-order valence-electron chi connectivity index (χ2n) is 5.74. The zero-order chi connectivity index (χ0) is 18.5. The Balaban J connectivity index is 1.70. The van der Waals surface area contributed by atoms with Gasteiger partial charge in [-0.15, -0.1) is 0 Å². The highest BCUT2D eigenvalue weighted by atomic mass is 32.2. The van der Waals surface area contributed by atoms with Gasteiger partial charge in [0.2, 0.25) is 5.91 Å². The maximum absolute atomic E-state index is 12.5.